The van der Waals surface area contributed by atoms with E-state index in [1.165, 1.54) is 5.56 Å². The Morgan fingerprint density at radius 1 is 1.27 bits per heavy atom. The SMILES string of the molecule is CC1CC(C)(C)N(CCCC(=O)O)c2cc3oc(=O)c(-c4cc[nH+]cc4)cc3cc21. The maximum Gasteiger partial charge on any atom is 0.344 e. The lowest BCUT2D eigenvalue weighted by atomic mass is 9.79. The molecule has 0 amide bonds. The van der Waals surface area contributed by atoms with Gasteiger partial charge in [0.25, 0.3) is 0 Å². The van der Waals surface area contributed by atoms with Crippen LogP contribution in [0.15, 0.2) is 51.9 Å². The average Bonchev–Trinajstić information content (AvgIpc) is 2.69. The van der Waals surface area contributed by atoms with E-state index in [9.17, 15) is 9.59 Å². The molecule has 0 bridgehead atoms. The first kappa shape index (κ1) is 20.1. The van der Waals surface area contributed by atoms with Crippen LogP contribution in [0.3, 0.4) is 0 Å². The number of H-pyrrole nitrogens is 1. The Balaban J connectivity index is 1.82. The third-order valence-electron chi connectivity index (χ3n) is 6.04. The number of pyridine rings is 1. The molecule has 6 nitrogen and oxygen atoms in total. The maximum atomic E-state index is 12.7. The lowest BCUT2D eigenvalue weighted by Gasteiger charge is -2.47. The second-order valence-electron chi connectivity index (χ2n) is 8.75. The predicted molar refractivity (Wildman–Crippen MR) is 116 cm³/mol. The van der Waals surface area contributed by atoms with Crippen molar-refractivity contribution < 1.29 is 19.3 Å². The monoisotopic (exact) mass is 407 g/mol. The highest BCUT2D eigenvalue weighted by atomic mass is 16.4. The summed E-state index contributed by atoms with van der Waals surface area (Å²) in [7, 11) is 0. The van der Waals surface area contributed by atoms with Crippen LogP contribution in [0.2, 0.25) is 0 Å². The average molecular weight is 407 g/mol. The van der Waals surface area contributed by atoms with E-state index < -0.39 is 5.97 Å². The standard InChI is InChI=1S/C24H26N2O4/c1-15-14-24(2,3)26(10-4-5-22(27)28)20-13-21-17(11-18(15)20)12-19(23(29)30-21)16-6-8-25-9-7-16/h6-9,11-13,15H,4-5,10,14H2,1-3H3,(H,27,28)/p+1. The Labute approximate surface area is 175 Å². The van der Waals surface area contributed by atoms with Gasteiger partial charge in [0, 0.05) is 53.3 Å². The lowest BCUT2D eigenvalue weighted by Crippen LogP contribution is -2.48. The summed E-state index contributed by atoms with van der Waals surface area (Å²) in [6.07, 6.45) is 5.24. The molecule has 0 radical (unpaired) electrons. The van der Waals surface area contributed by atoms with E-state index >= 15 is 0 Å². The molecule has 1 atom stereocenters. The van der Waals surface area contributed by atoms with Crippen molar-refractivity contribution in [3.63, 3.8) is 0 Å². The zero-order valence-electron chi connectivity index (χ0n) is 17.6. The number of nitrogens with one attached hydrogen (secondary N) is 1. The van der Waals surface area contributed by atoms with Gasteiger partial charge in [0.2, 0.25) is 0 Å². The smallest absolute Gasteiger partial charge is 0.344 e. The van der Waals surface area contributed by atoms with Gasteiger partial charge in [-0.25, -0.2) is 9.78 Å². The molecule has 0 spiro atoms. The van der Waals surface area contributed by atoms with Gasteiger partial charge in [-0.15, -0.1) is 0 Å². The number of fused-ring (bicyclic) bond motifs is 2. The Morgan fingerprint density at radius 2 is 2.00 bits per heavy atom. The van der Waals surface area contributed by atoms with Crippen LogP contribution in [0.5, 0.6) is 0 Å². The number of carbonyl (C=O) groups is 1. The fraction of sp³-hybridized carbons (Fsp3) is 0.375. The molecule has 1 aromatic carbocycles. The minimum absolute atomic E-state index is 0.112. The first-order valence-corrected chi connectivity index (χ1v) is 10.3. The molecule has 2 aromatic heterocycles. The van der Waals surface area contributed by atoms with Crippen molar-refractivity contribution in [3.05, 3.63) is 58.7 Å². The molecule has 6 heteroatoms. The zero-order valence-corrected chi connectivity index (χ0v) is 17.6. The van der Waals surface area contributed by atoms with Crippen molar-refractivity contribution in [2.45, 2.75) is 51.5 Å². The topological polar surface area (TPSA) is 84.9 Å². The number of anilines is 1. The fourth-order valence-electron chi connectivity index (χ4n) is 4.68. The number of hydrogen-bond acceptors (Lipinski definition) is 4. The predicted octanol–water partition coefficient (Wildman–Crippen LogP) is 4.23. The van der Waals surface area contributed by atoms with E-state index in [0.29, 0.717) is 30.0 Å². The van der Waals surface area contributed by atoms with Crippen LogP contribution in [0.4, 0.5) is 5.69 Å². The van der Waals surface area contributed by atoms with Crippen LogP contribution in [0.25, 0.3) is 22.1 Å². The molecule has 30 heavy (non-hydrogen) atoms. The van der Waals surface area contributed by atoms with E-state index in [4.69, 9.17) is 9.52 Å². The van der Waals surface area contributed by atoms with Gasteiger partial charge < -0.3 is 14.4 Å². The molecule has 156 valence electrons. The van der Waals surface area contributed by atoms with Gasteiger partial charge in [0.05, 0.1) is 5.56 Å². The van der Waals surface area contributed by atoms with E-state index in [1.54, 1.807) is 12.4 Å². The normalized spacial score (nSPS) is 17.7. The molecule has 0 saturated carbocycles. The van der Waals surface area contributed by atoms with Crippen molar-refractivity contribution in [2.75, 3.05) is 11.4 Å². The minimum Gasteiger partial charge on any atom is -0.481 e. The highest BCUT2D eigenvalue weighted by molar-refractivity contribution is 5.87. The largest absolute Gasteiger partial charge is 0.481 e. The van der Waals surface area contributed by atoms with Crippen molar-refractivity contribution >= 4 is 22.6 Å². The number of rotatable bonds is 5. The zero-order chi connectivity index (χ0) is 21.5. The maximum absolute atomic E-state index is 12.7. The van der Waals surface area contributed by atoms with E-state index in [0.717, 1.165) is 23.1 Å². The number of benzene rings is 1. The van der Waals surface area contributed by atoms with E-state index in [-0.39, 0.29) is 17.6 Å². The Bertz CT molecular complexity index is 1150. The number of aliphatic carboxylic acids is 1. The molecular formula is C24H27N2O4+. The lowest BCUT2D eigenvalue weighted by molar-refractivity contribution is -0.377. The van der Waals surface area contributed by atoms with Crippen molar-refractivity contribution in [3.8, 4) is 11.1 Å². The summed E-state index contributed by atoms with van der Waals surface area (Å²) in [4.78, 5) is 28.9. The molecule has 0 fully saturated rings. The molecule has 1 unspecified atom stereocenters. The number of hydrogen-bond donors (Lipinski definition) is 1. The van der Waals surface area contributed by atoms with Crippen molar-refractivity contribution in [1.82, 2.24) is 0 Å². The molecule has 1 aliphatic rings. The van der Waals surface area contributed by atoms with Crippen LogP contribution in [-0.4, -0.2) is 23.2 Å². The molecule has 0 saturated heterocycles. The first-order valence-electron chi connectivity index (χ1n) is 10.3. The highest BCUT2D eigenvalue weighted by Crippen LogP contribution is 2.45. The minimum atomic E-state index is -0.783. The quantitative estimate of drug-likeness (QED) is 0.640. The van der Waals surface area contributed by atoms with Gasteiger partial charge in [-0.2, -0.15) is 0 Å². The van der Waals surface area contributed by atoms with Gasteiger partial charge >= 0.3 is 11.6 Å². The summed E-state index contributed by atoms with van der Waals surface area (Å²) in [5.74, 6) is -0.439. The van der Waals surface area contributed by atoms with Gasteiger partial charge in [-0.3, -0.25) is 4.79 Å². The molecular weight excluding hydrogens is 380 g/mol. The van der Waals surface area contributed by atoms with Crippen molar-refractivity contribution in [1.29, 1.82) is 0 Å². The van der Waals surface area contributed by atoms with Crippen LogP contribution in [0, 0.1) is 0 Å². The molecule has 3 aromatic rings. The Kier molecular flexibility index (Phi) is 5.10. The second kappa shape index (κ2) is 7.59. The Hall–Kier alpha value is -3.15. The van der Waals surface area contributed by atoms with Crippen LogP contribution >= 0.6 is 0 Å². The van der Waals surface area contributed by atoms with Gasteiger partial charge in [-0.1, -0.05) is 6.92 Å². The van der Waals surface area contributed by atoms with Crippen LogP contribution < -0.4 is 15.5 Å². The molecule has 1 aliphatic heterocycles. The van der Waals surface area contributed by atoms with Crippen LogP contribution in [-0.2, 0) is 4.79 Å². The van der Waals surface area contributed by atoms with Gasteiger partial charge in [0.1, 0.15) is 5.58 Å². The molecule has 3 heterocycles. The summed E-state index contributed by atoms with van der Waals surface area (Å²) in [5.41, 5.74) is 3.66. The fourth-order valence-corrected chi connectivity index (χ4v) is 4.68. The number of carboxylic acid groups (broad SMARTS) is 1. The summed E-state index contributed by atoms with van der Waals surface area (Å²) in [6.45, 7) is 7.23. The summed E-state index contributed by atoms with van der Waals surface area (Å²) in [5, 5.41) is 9.93. The van der Waals surface area contributed by atoms with Crippen molar-refractivity contribution in [2.24, 2.45) is 0 Å². The summed E-state index contributed by atoms with van der Waals surface area (Å²) < 4.78 is 5.72. The third-order valence-corrected chi connectivity index (χ3v) is 6.04. The number of nitrogens with zero attached hydrogens (tertiary/aromatic N) is 1. The molecule has 4 rings (SSSR count). The third kappa shape index (κ3) is 3.70. The summed E-state index contributed by atoms with van der Waals surface area (Å²) in [6, 6.07) is 9.68. The second-order valence-corrected chi connectivity index (χ2v) is 8.75. The first-order chi connectivity index (χ1) is 14.3. The number of aromatic nitrogens is 1. The van der Waals surface area contributed by atoms with Gasteiger partial charge in [-0.05, 0) is 50.3 Å². The number of aromatic amines is 1. The molecule has 2 N–H and O–H groups in total. The highest BCUT2D eigenvalue weighted by Gasteiger charge is 2.36. The van der Waals surface area contributed by atoms with Crippen LogP contribution in [0.1, 0.15) is 51.5 Å². The van der Waals surface area contributed by atoms with E-state index in [1.807, 2.05) is 24.3 Å². The van der Waals surface area contributed by atoms with E-state index in [2.05, 4.69) is 36.7 Å². The summed E-state index contributed by atoms with van der Waals surface area (Å²) >= 11 is 0. The Morgan fingerprint density at radius 3 is 2.70 bits per heavy atom. The number of carboxylic acids is 1. The van der Waals surface area contributed by atoms with Gasteiger partial charge in [0.15, 0.2) is 12.4 Å². The molecule has 0 aliphatic carbocycles.